The van der Waals surface area contributed by atoms with Crippen molar-refractivity contribution in [3.05, 3.63) is 76.6 Å². The lowest BCUT2D eigenvalue weighted by atomic mass is 9.87. The highest BCUT2D eigenvalue weighted by atomic mass is 16.5. The fourth-order valence-electron chi connectivity index (χ4n) is 4.44. The van der Waals surface area contributed by atoms with Gasteiger partial charge in [0.1, 0.15) is 29.5 Å². The minimum absolute atomic E-state index is 0.101. The van der Waals surface area contributed by atoms with Crippen molar-refractivity contribution in [1.82, 2.24) is 4.98 Å². The first kappa shape index (κ1) is 25.2. The summed E-state index contributed by atoms with van der Waals surface area (Å²) in [5, 5.41) is 2.90. The third-order valence-electron chi connectivity index (χ3n) is 6.58. The van der Waals surface area contributed by atoms with E-state index in [0.29, 0.717) is 23.8 Å². The van der Waals surface area contributed by atoms with Crippen LogP contribution < -0.4 is 19.5 Å². The van der Waals surface area contributed by atoms with Gasteiger partial charge in [-0.25, -0.2) is 0 Å². The van der Waals surface area contributed by atoms with Gasteiger partial charge in [-0.1, -0.05) is 6.07 Å². The number of fused-ring (bicyclic) bond motifs is 1. The summed E-state index contributed by atoms with van der Waals surface area (Å²) in [6, 6.07) is 11.0. The summed E-state index contributed by atoms with van der Waals surface area (Å²) in [5.74, 6) is 1.76. The molecule has 7 heteroatoms. The Labute approximate surface area is 211 Å². The molecule has 1 aliphatic heterocycles. The quantitative estimate of drug-likeness (QED) is 0.360. The van der Waals surface area contributed by atoms with E-state index in [-0.39, 0.29) is 18.3 Å². The second-order valence-corrected chi connectivity index (χ2v) is 9.56. The molecule has 0 bridgehead atoms. The van der Waals surface area contributed by atoms with Crippen LogP contribution in [0.2, 0.25) is 0 Å². The van der Waals surface area contributed by atoms with Crippen LogP contribution in [0.15, 0.2) is 48.8 Å². The largest absolute Gasteiger partial charge is 0.489 e. The van der Waals surface area contributed by atoms with Gasteiger partial charge in [-0.15, -0.1) is 0 Å². The monoisotopic (exact) mass is 488 g/mol. The molecule has 0 spiro atoms. The Bertz CT molecular complexity index is 1270. The van der Waals surface area contributed by atoms with Crippen molar-refractivity contribution in [2.45, 2.75) is 59.5 Å². The van der Waals surface area contributed by atoms with Gasteiger partial charge < -0.3 is 19.5 Å². The Morgan fingerprint density at radius 2 is 1.83 bits per heavy atom. The maximum atomic E-state index is 12.3. The highest BCUT2D eigenvalue weighted by Gasteiger charge is 2.35. The standard InChI is InChI=1S/C29H32N2O5/c1-18-19(2)28-25(20(3)27(18)35-21(4)32)12-13-29(5,36-28)17-34-24-10-8-23(9-11-24)31-26(33)15-22-7-6-14-30-16-22/h6-11,14,16H,12-13,15,17H2,1-5H3,(H,31,33). The number of nitrogens with one attached hydrogen (secondary N) is 1. The van der Waals surface area contributed by atoms with Crippen LogP contribution in [0, 0.1) is 20.8 Å². The van der Waals surface area contributed by atoms with Crippen molar-refractivity contribution in [2.75, 3.05) is 11.9 Å². The summed E-state index contributed by atoms with van der Waals surface area (Å²) >= 11 is 0. The second kappa shape index (κ2) is 10.4. The number of ether oxygens (including phenoxy) is 3. The summed E-state index contributed by atoms with van der Waals surface area (Å²) < 4.78 is 18.1. The van der Waals surface area contributed by atoms with E-state index in [9.17, 15) is 9.59 Å². The highest BCUT2D eigenvalue weighted by Crippen LogP contribution is 2.44. The average Bonchev–Trinajstić information content (AvgIpc) is 2.85. The molecular formula is C29H32N2O5. The lowest BCUT2D eigenvalue weighted by Crippen LogP contribution is -2.42. The fourth-order valence-corrected chi connectivity index (χ4v) is 4.44. The molecule has 4 rings (SSSR count). The number of rotatable bonds is 7. The zero-order chi connectivity index (χ0) is 25.9. The molecule has 0 aliphatic carbocycles. The van der Waals surface area contributed by atoms with Crippen molar-refractivity contribution in [3.8, 4) is 17.2 Å². The molecule has 0 fully saturated rings. The minimum atomic E-state index is -0.504. The van der Waals surface area contributed by atoms with Crippen molar-refractivity contribution >= 4 is 17.6 Å². The second-order valence-electron chi connectivity index (χ2n) is 9.56. The third-order valence-corrected chi connectivity index (χ3v) is 6.58. The molecule has 0 saturated carbocycles. The molecule has 0 radical (unpaired) electrons. The van der Waals surface area contributed by atoms with Crippen LogP contribution >= 0.6 is 0 Å². The summed E-state index contributed by atoms with van der Waals surface area (Å²) in [7, 11) is 0. The summed E-state index contributed by atoms with van der Waals surface area (Å²) in [6.07, 6.45) is 5.21. The van der Waals surface area contributed by atoms with Crippen LogP contribution in [0.1, 0.15) is 48.1 Å². The Hall–Kier alpha value is -3.87. The van der Waals surface area contributed by atoms with E-state index in [1.165, 1.54) is 6.92 Å². The topological polar surface area (TPSA) is 86.8 Å². The van der Waals surface area contributed by atoms with Crippen LogP contribution in [0.25, 0.3) is 0 Å². The molecule has 1 aliphatic rings. The molecule has 188 valence electrons. The lowest BCUT2D eigenvalue weighted by Gasteiger charge is -2.37. The number of carbonyl (C=O) groups excluding carboxylic acids is 2. The number of esters is 1. The Morgan fingerprint density at radius 3 is 2.50 bits per heavy atom. The van der Waals surface area contributed by atoms with Gasteiger partial charge in [0.25, 0.3) is 0 Å². The maximum absolute atomic E-state index is 12.3. The molecule has 7 nitrogen and oxygen atoms in total. The van der Waals surface area contributed by atoms with Crippen LogP contribution in [0.3, 0.4) is 0 Å². The number of pyridine rings is 1. The fraction of sp³-hybridized carbons (Fsp3) is 0.345. The third kappa shape index (κ3) is 5.67. The van der Waals surface area contributed by atoms with E-state index >= 15 is 0 Å². The predicted octanol–water partition coefficient (Wildman–Crippen LogP) is 5.28. The van der Waals surface area contributed by atoms with Gasteiger partial charge in [0.15, 0.2) is 0 Å². The van der Waals surface area contributed by atoms with Gasteiger partial charge in [-0.2, -0.15) is 0 Å². The maximum Gasteiger partial charge on any atom is 0.308 e. The highest BCUT2D eigenvalue weighted by molar-refractivity contribution is 5.92. The van der Waals surface area contributed by atoms with Crippen LogP contribution in [0.5, 0.6) is 17.2 Å². The number of aromatic nitrogens is 1. The molecule has 36 heavy (non-hydrogen) atoms. The first-order valence-corrected chi connectivity index (χ1v) is 12.1. The first-order chi connectivity index (χ1) is 17.1. The molecule has 1 atom stereocenters. The number of hydrogen-bond donors (Lipinski definition) is 1. The number of amides is 1. The number of nitrogens with zero attached hydrogens (tertiary/aromatic N) is 1. The van der Waals surface area contributed by atoms with Gasteiger partial charge >= 0.3 is 5.97 Å². The van der Waals surface area contributed by atoms with Crippen molar-refractivity contribution in [3.63, 3.8) is 0 Å². The van der Waals surface area contributed by atoms with E-state index in [2.05, 4.69) is 10.3 Å². The molecule has 1 aromatic heterocycles. The molecule has 1 unspecified atom stereocenters. The van der Waals surface area contributed by atoms with Gasteiger partial charge in [0, 0.05) is 30.6 Å². The van der Waals surface area contributed by atoms with Crippen LogP contribution in [-0.2, 0) is 22.4 Å². The predicted molar refractivity (Wildman–Crippen MR) is 138 cm³/mol. The molecule has 2 aromatic carbocycles. The minimum Gasteiger partial charge on any atom is -0.489 e. The SMILES string of the molecule is CC(=O)Oc1c(C)c(C)c2c(c1C)CCC(C)(COc1ccc(NC(=O)Cc3cccnc3)cc1)O2. The summed E-state index contributed by atoms with van der Waals surface area (Å²) in [6.45, 7) is 9.76. The number of carbonyl (C=O) groups is 2. The zero-order valence-electron chi connectivity index (χ0n) is 21.4. The summed E-state index contributed by atoms with van der Waals surface area (Å²) in [5.41, 5.74) is 4.98. The van der Waals surface area contributed by atoms with Crippen LogP contribution in [-0.4, -0.2) is 29.1 Å². The smallest absolute Gasteiger partial charge is 0.308 e. The van der Waals surface area contributed by atoms with Gasteiger partial charge in [0.2, 0.25) is 5.91 Å². The molecule has 0 saturated heterocycles. The number of anilines is 1. The van der Waals surface area contributed by atoms with E-state index < -0.39 is 5.60 Å². The normalized spacial score (nSPS) is 16.5. The number of hydrogen-bond acceptors (Lipinski definition) is 6. The van der Waals surface area contributed by atoms with Crippen molar-refractivity contribution in [2.24, 2.45) is 0 Å². The van der Waals surface area contributed by atoms with E-state index in [0.717, 1.165) is 46.4 Å². The molecular weight excluding hydrogens is 456 g/mol. The molecule has 2 heterocycles. The van der Waals surface area contributed by atoms with Gasteiger partial charge in [0.05, 0.1) is 6.42 Å². The number of benzene rings is 2. The molecule has 3 aromatic rings. The first-order valence-electron chi connectivity index (χ1n) is 12.1. The van der Waals surface area contributed by atoms with Crippen molar-refractivity contribution in [1.29, 1.82) is 0 Å². The van der Waals surface area contributed by atoms with Gasteiger partial charge in [-0.05, 0) is 93.1 Å². The van der Waals surface area contributed by atoms with Crippen LogP contribution in [0.4, 0.5) is 5.69 Å². The molecule has 1 amide bonds. The Morgan fingerprint density at radius 1 is 1.08 bits per heavy atom. The Kier molecular flexibility index (Phi) is 7.29. The van der Waals surface area contributed by atoms with E-state index in [1.807, 2.05) is 64.1 Å². The summed E-state index contributed by atoms with van der Waals surface area (Å²) in [4.78, 5) is 27.9. The average molecular weight is 489 g/mol. The Balaban J connectivity index is 1.38. The lowest BCUT2D eigenvalue weighted by molar-refractivity contribution is -0.132. The molecule has 1 N–H and O–H groups in total. The van der Waals surface area contributed by atoms with Crippen molar-refractivity contribution < 1.29 is 23.8 Å². The zero-order valence-corrected chi connectivity index (χ0v) is 21.4. The van der Waals surface area contributed by atoms with Gasteiger partial charge in [-0.3, -0.25) is 14.6 Å². The van der Waals surface area contributed by atoms with E-state index in [4.69, 9.17) is 14.2 Å². The van der Waals surface area contributed by atoms with E-state index in [1.54, 1.807) is 12.4 Å².